The average molecular weight is 196 g/mol. The topological polar surface area (TPSA) is 34.1 Å². The molecule has 3 rings (SSSR count). The van der Waals surface area contributed by atoms with Crippen LogP contribution in [0.15, 0.2) is 30.4 Å². The number of rotatable bonds is 0. The van der Waals surface area contributed by atoms with Crippen molar-refractivity contribution in [2.45, 2.75) is 6.42 Å². The second-order valence-corrected chi connectivity index (χ2v) is 3.72. The first-order valence-electron chi connectivity index (χ1n) is 4.86. The highest BCUT2D eigenvalue weighted by atomic mass is 16.1. The molecule has 0 fully saturated rings. The molecule has 0 spiro atoms. The molecule has 15 heavy (non-hydrogen) atoms. The van der Waals surface area contributed by atoms with E-state index in [0.717, 1.165) is 11.1 Å². The average Bonchev–Trinajstić information content (AvgIpc) is 2.48. The zero-order valence-corrected chi connectivity index (χ0v) is 7.99. The smallest absolute Gasteiger partial charge is 0.187 e. The Balaban J connectivity index is 2.39. The van der Waals surface area contributed by atoms with E-state index < -0.39 is 0 Å². The predicted octanol–water partition coefficient (Wildman–Crippen LogP) is 2.25. The number of ketones is 2. The second kappa shape index (κ2) is 2.76. The summed E-state index contributed by atoms with van der Waals surface area (Å²) in [5.41, 5.74) is 3.02. The fourth-order valence-corrected chi connectivity index (χ4v) is 2.12. The normalized spacial score (nSPS) is 17.5. The van der Waals surface area contributed by atoms with Gasteiger partial charge in [-0.15, -0.1) is 0 Å². The van der Waals surface area contributed by atoms with Crippen LogP contribution in [0.3, 0.4) is 0 Å². The lowest BCUT2D eigenvalue weighted by Gasteiger charge is -2.04. The van der Waals surface area contributed by atoms with E-state index in [1.807, 2.05) is 24.3 Å². The standard InChI is InChI=1S/C13H8O2/c14-11-6-2-4-8-3-1-5-9-12(15)7-10(11)13(8)9/h1-5,7H,6H2. The molecule has 2 aliphatic carbocycles. The molecule has 0 N–H and O–H groups in total. The first kappa shape index (κ1) is 8.36. The molecular formula is C13H8O2. The summed E-state index contributed by atoms with van der Waals surface area (Å²) >= 11 is 0. The largest absolute Gasteiger partial charge is 0.294 e. The molecule has 0 unspecified atom stereocenters. The summed E-state index contributed by atoms with van der Waals surface area (Å²) in [7, 11) is 0. The van der Waals surface area contributed by atoms with E-state index in [4.69, 9.17) is 0 Å². The fourth-order valence-electron chi connectivity index (χ4n) is 2.12. The molecule has 0 atom stereocenters. The van der Waals surface area contributed by atoms with Gasteiger partial charge in [-0.3, -0.25) is 9.59 Å². The first-order valence-corrected chi connectivity index (χ1v) is 4.86. The highest BCUT2D eigenvalue weighted by molar-refractivity contribution is 6.34. The molecule has 0 aliphatic heterocycles. The molecule has 72 valence electrons. The molecular weight excluding hydrogens is 188 g/mol. The highest BCUT2D eigenvalue weighted by Gasteiger charge is 2.27. The highest BCUT2D eigenvalue weighted by Crippen LogP contribution is 2.34. The van der Waals surface area contributed by atoms with Crippen LogP contribution in [0.1, 0.15) is 27.9 Å². The summed E-state index contributed by atoms with van der Waals surface area (Å²) < 4.78 is 0. The Bertz CT molecular complexity index is 548. The van der Waals surface area contributed by atoms with Crippen molar-refractivity contribution in [2.24, 2.45) is 0 Å². The van der Waals surface area contributed by atoms with Gasteiger partial charge in [-0.05, 0) is 11.6 Å². The third kappa shape index (κ3) is 1.05. The van der Waals surface area contributed by atoms with Crippen LogP contribution in [-0.2, 0) is 4.79 Å². The quantitative estimate of drug-likeness (QED) is 0.637. The molecule has 2 aliphatic rings. The van der Waals surface area contributed by atoms with Crippen LogP contribution < -0.4 is 0 Å². The van der Waals surface area contributed by atoms with E-state index in [1.54, 1.807) is 6.07 Å². The number of carbonyl (C=O) groups excluding carboxylic acids is 2. The number of benzene rings is 1. The Morgan fingerprint density at radius 1 is 1.13 bits per heavy atom. The summed E-state index contributed by atoms with van der Waals surface area (Å²) in [5, 5.41) is 0. The molecule has 0 radical (unpaired) electrons. The van der Waals surface area contributed by atoms with Crippen molar-refractivity contribution in [3.05, 3.63) is 47.0 Å². The zero-order valence-electron chi connectivity index (χ0n) is 7.99. The molecule has 0 saturated heterocycles. The third-order valence-electron chi connectivity index (χ3n) is 2.81. The number of hydrogen-bond acceptors (Lipinski definition) is 2. The molecule has 2 heteroatoms. The van der Waals surface area contributed by atoms with Gasteiger partial charge in [0.25, 0.3) is 0 Å². The van der Waals surface area contributed by atoms with Crippen LogP contribution in [0, 0.1) is 0 Å². The van der Waals surface area contributed by atoms with Crippen molar-refractivity contribution in [1.29, 1.82) is 0 Å². The Hall–Kier alpha value is -1.96. The lowest BCUT2D eigenvalue weighted by atomic mass is 9.98. The zero-order chi connectivity index (χ0) is 10.4. The van der Waals surface area contributed by atoms with Gasteiger partial charge in [-0.1, -0.05) is 30.4 Å². The summed E-state index contributed by atoms with van der Waals surface area (Å²) in [6.07, 6.45) is 5.61. The van der Waals surface area contributed by atoms with Gasteiger partial charge in [0.2, 0.25) is 0 Å². The summed E-state index contributed by atoms with van der Waals surface area (Å²) in [4.78, 5) is 23.3. The van der Waals surface area contributed by atoms with E-state index >= 15 is 0 Å². The minimum Gasteiger partial charge on any atom is -0.294 e. The number of hydrogen-bond donors (Lipinski definition) is 0. The van der Waals surface area contributed by atoms with Crippen LogP contribution >= 0.6 is 0 Å². The second-order valence-electron chi connectivity index (χ2n) is 3.72. The Labute approximate surface area is 86.9 Å². The molecule has 2 nitrogen and oxygen atoms in total. The summed E-state index contributed by atoms with van der Waals surface area (Å²) in [6.45, 7) is 0. The van der Waals surface area contributed by atoms with Crippen molar-refractivity contribution in [1.82, 2.24) is 0 Å². The number of allylic oxidation sites excluding steroid dienone is 3. The number of carbonyl (C=O) groups is 2. The van der Waals surface area contributed by atoms with Gasteiger partial charge >= 0.3 is 0 Å². The molecule has 0 saturated carbocycles. The molecule has 1 aromatic carbocycles. The summed E-state index contributed by atoms with van der Waals surface area (Å²) in [5.74, 6) is -0.0196. The predicted molar refractivity (Wildman–Crippen MR) is 57.4 cm³/mol. The van der Waals surface area contributed by atoms with E-state index in [0.29, 0.717) is 17.6 Å². The summed E-state index contributed by atoms with van der Waals surface area (Å²) in [6, 6.07) is 5.56. The lowest BCUT2D eigenvalue weighted by Crippen LogP contribution is -1.98. The lowest BCUT2D eigenvalue weighted by molar-refractivity contribution is -0.112. The molecule has 1 aromatic rings. The van der Waals surface area contributed by atoms with Crippen molar-refractivity contribution in [3.8, 4) is 0 Å². The van der Waals surface area contributed by atoms with Crippen LogP contribution in [0.5, 0.6) is 0 Å². The van der Waals surface area contributed by atoms with Gasteiger partial charge in [-0.2, -0.15) is 0 Å². The monoisotopic (exact) mass is 196 g/mol. The van der Waals surface area contributed by atoms with E-state index in [-0.39, 0.29) is 11.6 Å². The minimum absolute atomic E-state index is 0.0308. The van der Waals surface area contributed by atoms with Crippen molar-refractivity contribution in [3.63, 3.8) is 0 Å². The Morgan fingerprint density at radius 3 is 2.87 bits per heavy atom. The van der Waals surface area contributed by atoms with Crippen molar-refractivity contribution >= 4 is 23.2 Å². The van der Waals surface area contributed by atoms with E-state index in [1.165, 1.54) is 6.08 Å². The van der Waals surface area contributed by atoms with E-state index in [9.17, 15) is 9.59 Å². The minimum atomic E-state index is -0.0505. The van der Waals surface area contributed by atoms with E-state index in [2.05, 4.69) is 0 Å². The van der Waals surface area contributed by atoms with Crippen LogP contribution in [-0.4, -0.2) is 11.6 Å². The molecule has 0 bridgehead atoms. The molecule has 0 heterocycles. The van der Waals surface area contributed by atoms with Crippen LogP contribution in [0.25, 0.3) is 11.6 Å². The van der Waals surface area contributed by atoms with Crippen LogP contribution in [0.2, 0.25) is 0 Å². The maximum Gasteiger partial charge on any atom is 0.187 e. The fraction of sp³-hybridized carbons (Fsp3) is 0.0769. The SMILES string of the molecule is O=C1CC=Cc2cccc3c2C1=CC3=O. The molecule has 0 amide bonds. The maximum absolute atomic E-state index is 11.7. The Kier molecular flexibility index (Phi) is 1.54. The first-order chi connectivity index (χ1) is 7.27. The van der Waals surface area contributed by atoms with Gasteiger partial charge < -0.3 is 0 Å². The third-order valence-corrected chi connectivity index (χ3v) is 2.81. The van der Waals surface area contributed by atoms with Gasteiger partial charge in [0.05, 0.1) is 0 Å². The maximum atomic E-state index is 11.7. The van der Waals surface area contributed by atoms with Gasteiger partial charge in [0, 0.05) is 23.1 Å². The van der Waals surface area contributed by atoms with Crippen molar-refractivity contribution < 1.29 is 9.59 Å². The van der Waals surface area contributed by atoms with Gasteiger partial charge in [0.15, 0.2) is 11.6 Å². The van der Waals surface area contributed by atoms with Crippen LogP contribution in [0.4, 0.5) is 0 Å². The molecule has 0 aromatic heterocycles. The van der Waals surface area contributed by atoms with Gasteiger partial charge in [0.1, 0.15) is 0 Å². The van der Waals surface area contributed by atoms with Gasteiger partial charge in [-0.25, -0.2) is 0 Å². The Morgan fingerprint density at radius 2 is 2.00 bits per heavy atom. The van der Waals surface area contributed by atoms with Crippen molar-refractivity contribution in [2.75, 3.05) is 0 Å². The number of Topliss-reactive ketones (excluding diaryl/α,β-unsaturated/α-hetero) is 1.